The summed E-state index contributed by atoms with van der Waals surface area (Å²) in [5.41, 5.74) is 4.42. The van der Waals surface area contributed by atoms with Crippen LogP contribution < -0.4 is 0 Å². The van der Waals surface area contributed by atoms with Gasteiger partial charge in [-0.3, -0.25) is 14.7 Å². The average Bonchev–Trinajstić information content (AvgIpc) is 3.40. The lowest BCUT2D eigenvalue weighted by molar-refractivity contribution is 0.0553. The van der Waals surface area contributed by atoms with Gasteiger partial charge in [-0.15, -0.1) is 0 Å². The molecule has 1 saturated heterocycles. The molecule has 0 saturated carbocycles. The van der Waals surface area contributed by atoms with E-state index in [0.717, 1.165) is 37.4 Å². The first-order valence-corrected chi connectivity index (χ1v) is 10.4. The molecule has 148 valence electrons. The first kappa shape index (κ1) is 18.1. The van der Waals surface area contributed by atoms with E-state index in [2.05, 4.69) is 51.8 Å². The molecular formula is C24H26N4O. The van der Waals surface area contributed by atoms with Crippen molar-refractivity contribution in [1.82, 2.24) is 19.4 Å². The molecule has 2 aliphatic heterocycles. The van der Waals surface area contributed by atoms with E-state index in [1.807, 2.05) is 35.2 Å². The zero-order valence-corrected chi connectivity index (χ0v) is 16.7. The standard InChI is InChI=1S/C24H26N4O/c1-2-18-8-10-19(11-9-18)14-26-16-22-23(17-26)28(15-20-6-3-4-12-25-20)24(29)21-7-5-13-27(21)22/h3-13,22-23H,2,14-17H2,1H3/t22-,23+/m1/s1. The minimum atomic E-state index is 0.107. The highest BCUT2D eigenvalue weighted by Gasteiger charge is 2.44. The second kappa shape index (κ2) is 7.48. The highest BCUT2D eigenvalue weighted by Crippen LogP contribution is 2.35. The first-order valence-electron chi connectivity index (χ1n) is 10.4. The molecule has 5 heteroatoms. The Labute approximate surface area is 171 Å². The van der Waals surface area contributed by atoms with Gasteiger partial charge in [0, 0.05) is 32.0 Å². The van der Waals surface area contributed by atoms with Gasteiger partial charge in [0.2, 0.25) is 0 Å². The van der Waals surface area contributed by atoms with Crippen molar-refractivity contribution in [3.05, 3.63) is 89.5 Å². The molecule has 2 atom stereocenters. The van der Waals surface area contributed by atoms with Crippen molar-refractivity contribution >= 4 is 5.91 Å². The molecule has 0 N–H and O–H groups in total. The number of likely N-dealkylation sites (tertiary alicyclic amines) is 1. The summed E-state index contributed by atoms with van der Waals surface area (Å²) in [5.74, 6) is 0.107. The maximum absolute atomic E-state index is 13.2. The quantitative estimate of drug-likeness (QED) is 0.674. The fourth-order valence-corrected chi connectivity index (χ4v) is 4.71. The van der Waals surface area contributed by atoms with Crippen LogP contribution in [0.25, 0.3) is 0 Å². The summed E-state index contributed by atoms with van der Waals surface area (Å²) in [4.78, 5) is 22.2. The van der Waals surface area contributed by atoms with Crippen molar-refractivity contribution < 1.29 is 4.79 Å². The molecule has 29 heavy (non-hydrogen) atoms. The summed E-state index contributed by atoms with van der Waals surface area (Å²) in [5, 5.41) is 0. The van der Waals surface area contributed by atoms with Crippen LogP contribution in [-0.4, -0.2) is 44.4 Å². The molecule has 1 amide bonds. The van der Waals surface area contributed by atoms with Crippen LogP contribution in [0.2, 0.25) is 0 Å². The van der Waals surface area contributed by atoms with Crippen molar-refractivity contribution in [2.75, 3.05) is 13.1 Å². The Balaban J connectivity index is 1.40. The lowest BCUT2D eigenvalue weighted by Crippen LogP contribution is -2.49. The fourth-order valence-electron chi connectivity index (χ4n) is 4.71. The number of carbonyl (C=O) groups is 1. The van der Waals surface area contributed by atoms with E-state index < -0.39 is 0 Å². The zero-order chi connectivity index (χ0) is 19.8. The molecule has 5 rings (SSSR count). The van der Waals surface area contributed by atoms with Crippen LogP contribution in [0.4, 0.5) is 0 Å². The molecule has 1 aromatic carbocycles. The number of benzene rings is 1. The third-order valence-electron chi connectivity index (χ3n) is 6.25. The second-order valence-corrected chi connectivity index (χ2v) is 8.05. The normalized spacial score (nSPS) is 21.3. The summed E-state index contributed by atoms with van der Waals surface area (Å²) in [7, 11) is 0. The number of carbonyl (C=O) groups excluding carboxylic acids is 1. The van der Waals surface area contributed by atoms with Gasteiger partial charge in [-0.2, -0.15) is 0 Å². The van der Waals surface area contributed by atoms with E-state index >= 15 is 0 Å². The van der Waals surface area contributed by atoms with Crippen LogP contribution in [0, 0.1) is 0 Å². The first-order chi connectivity index (χ1) is 14.2. The fraction of sp³-hybridized carbons (Fsp3) is 0.333. The maximum atomic E-state index is 13.2. The molecule has 0 bridgehead atoms. The Morgan fingerprint density at radius 3 is 2.48 bits per heavy atom. The smallest absolute Gasteiger partial charge is 0.271 e. The topological polar surface area (TPSA) is 41.4 Å². The highest BCUT2D eigenvalue weighted by atomic mass is 16.2. The minimum absolute atomic E-state index is 0.107. The minimum Gasteiger partial charge on any atom is -0.337 e. The number of pyridine rings is 1. The van der Waals surface area contributed by atoms with Gasteiger partial charge in [-0.1, -0.05) is 37.3 Å². The predicted molar refractivity (Wildman–Crippen MR) is 112 cm³/mol. The summed E-state index contributed by atoms with van der Waals surface area (Å²) in [6, 6.07) is 19.2. The van der Waals surface area contributed by atoms with Crippen molar-refractivity contribution in [3.8, 4) is 0 Å². The van der Waals surface area contributed by atoms with Gasteiger partial charge < -0.3 is 9.47 Å². The number of aryl methyl sites for hydroxylation is 1. The molecule has 0 aliphatic carbocycles. The van der Waals surface area contributed by atoms with E-state index in [0.29, 0.717) is 6.54 Å². The van der Waals surface area contributed by atoms with Gasteiger partial charge in [-0.25, -0.2) is 0 Å². The zero-order valence-electron chi connectivity index (χ0n) is 16.7. The average molecular weight is 386 g/mol. The van der Waals surface area contributed by atoms with Crippen molar-refractivity contribution in [2.24, 2.45) is 0 Å². The lowest BCUT2D eigenvalue weighted by Gasteiger charge is -2.38. The van der Waals surface area contributed by atoms with Crippen molar-refractivity contribution in [1.29, 1.82) is 0 Å². The van der Waals surface area contributed by atoms with E-state index in [1.165, 1.54) is 11.1 Å². The predicted octanol–water partition coefficient (Wildman–Crippen LogP) is 3.53. The van der Waals surface area contributed by atoms with E-state index in [9.17, 15) is 4.79 Å². The van der Waals surface area contributed by atoms with Crippen LogP contribution in [-0.2, 0) is 19.5 Å². The Kier molecular flexibility index (Phi) is 4.68. The monoisotopic (exact) mass is 386 g/mol. The number of rotatable bonds is 5. The van der Waals surface area contributed by atoms with Crippen molar-refractivity contribution in [3.63, 3.8) is 0 Å². The highest BCUT2D eigenvalue weighted by molar-refractivity contribution is 5.94. The number of hydrogen-bond donors (Lipinski definition) is 0. The van der Waals surface area contributed by atoms with E-state index in [-0.39, 0.29) is 18.0 Å². The third-order valence-corrected chi connectivity index (χ3v) is 6.25. The number of nitrogens with zero attached hydrogens (tertiary/aromatic N) is 4. The van der Waals surface area contributed by atoms with Crippen LogP contribution in [0.15, 0.2) is 67.0 Å². The summed E-state index contributed by atoms with van der Waals surface area (Å²) < 4.78 is 2.18. The molecular weight excluding hydrogens is 360 g/mol. The SMILES string of the molecule is CCc1ccc(CN2C[C@@H]3[C@H](C2)N(Cc2ccccn2)C(=O)c2cccn23)cc1. The molecule has 0 radical (unpaired) electrons. The van der Waals surface area contributed by atoms with Gasteiger partial charge in [0.15, 0.2) is 0 Å². The number of fused-ring (bicyclic) bond motifs is 3. The Bertz CT molecular complexity index is 995. The maximum Gasteiger partial charge on any atom is 0.271 e. The molecule has 0 spiro atoms. The molecule has 2 aromatic heterocycles. The van der Waals surface area contributed by atoms with Crippen LogP contribution in [0.1, 0.15) is 40.3 Å². The lowest BCUT2D eigenvalue weighted by atomic mass is 10.1. The van der Waals surface area contributed by atoms with Gasteiger partial charge >= 0.3 is 0 Å². The Morgan fingerprint density at radius 1 is 0.931 bits per heavy atom. The Hall–Kier alpha value is -2.92. The molecule has 3 aromatic rings. The van der Waals surface area contributed by atoms with Crippen LogP contribution in [0.5, 0.6) is 0 Å². The van der Waals surface area contributed by atoms with E-state index in [1.54, 1.807) is 6.20 Å². The molecule has 4 heterocycles. The second-order valence-electron chi connectivity index (χ2n) is 8.05. The van der Waals surface area contributed by atoms with Gasteiger partial charge in [0.05, 0.1) is 24.3 Å². The van der Waals surface area contributed by atoms with Crippen LogP contribution >= 0.6 is 0 Å². The molecule has 0 unspecified atom stereocenters. The third kappa shape index (κ3) is 3.36. The van der Waals surface area contributed by atoms with Gasteiger partial charge in [0.25, 0.3) is 5.91 Å². The molecule has 5 nitrogen and oxygen atoms in total. The number of amides is 1. The van der Waals surface area contributed by atoms with Crippen LogP contribution in [0.3, 0.4) is 0 Å². The Morgan fingerprint density at radius 2 is 1.72 bits per heavy atom. The molecule has 1 fully saturated rings. The summed E-state index contributed by atoms with van der Waals surface area (Å²) in [6.45, 7) is 5.50. The van der Waals surface area contributed by atoms with Gasteiger partial charge in [-0.05, 0) is 41.8 Å². The number of hydrogen-bond acceptors (Lipinski definition) is 3. The molecule has 2 aliphatic rings. The summed E-state index contributed by atoms with van der Waals surface area (Å²) >= 11 is 0. The largest absolute Gasteiger partial charge is 0.337 e. The van der Waals surface area contributed by atoms with Gasteiger partial charge in [0.1, 0.15) is 5.69 Å². The number of aromatic nitrogens is 2. The van der Waals surface area contributed by atoms with E-state index in [4.69, 9.17) is 0 Å². The summed E-state index contributed by atoms with van der Waals surface area (Å²) in [6.07, 6.45) is 4.92. The van der Waals surface area contributed by atoms with Crippen molar-refractivity contribution in [2.45, 2.75) is 38.5 Å².